The van der Waals surface area contributed by atoms with Crippen molar-refractivity contribution in [3.63, 3.8) is 0 Å². The quantitative estimate of drug-likeness (QED) is 0.420. The Morgan fingerprint density at radius 1 is 1.03 bits per heavy atom. The third kappa shape index (κ3) is 3.25. The first-order valence-corrected chi connectivity index (χ1v) is 9.61. The molecule has 0 aliphatic heterocycles. The van der Waals surface area contributed by atoms with E-state index >= 15 is 0 Å². The van der Waals surface area contributed by atoms with E-state index in [4.69, 9.17) is 9.47 Å². The van der Waals surface area contributed by atoms with Crippen LogP contribution in [-0.4, -0.2) is 40.2 Å². The van der Waals surface area contributed by atoms with Gasteiger partial charge in [-0.25, -0.2) is 4.98 Å². The Labute approximate surface area is 174 Å². The van der Waals surface area contributed by atoms with E-state index < -0.39 is 17.1 Å². The number of benzene rings is 2. The number of carbonyl (C=O) groups is 1. The third-order valence-electron chi connectivity index (χ3n) is 4.60. The maximum atomic E-state index is 12.8. The van der Waals surface area contributed by atoms with E-state index in [1.165, 1.54) is 25.6 Å². The van der Waals surface area contributed by atoms with E-state index in [0.717, 1.165) is 0 Å². The summed E-state index contributed by atoms with van der Waals surface area (Å²) in [7, 11) is 3.01. The molecule has 0 aliphatic rings. The Morgan fingerprint density at radius 2 is 1.80 bits per heavy atom. The highest BCUT2D eigenvalue weighted by atomic mass is 32.1. The maximum absolute atomic E-state index is 12.8. The molecule has 0 bridgehead atoms. The highest BCUT2D eigenvalue weighted by Crippen LogP contribution is 2.33. The average molecular weight is 424 g/mol. The summed E-state index contributed by atoms with van der Waals surface area (Å²) < 4.78 is 10.4. The van der Waals surface area contributed by atoms with Crippen molar-refractivity contribution in [3.8, 4) is 34.3 Å². The first-order valence-electron chi connectivity index (χ1n) is 8.73. The van der Waals surface area contributed by atoms with Gasteiger partial charge in [-0.3, -0.25) is 9.59 Å². The van der Waals surface area contributed by atoms with E-state index in [1.807, 2.05) is 0 Å². The number of thiazole rings is 1. The molecule has 30 heavy (non-hydrogen) atoms. The molecule has 4 rings (SSSR count). The second-order valence-electron chi connectivity index (χ2n) is 6.35. The molecule has 0 atom stereocenters. The molecule has 8 nitrogen and oxygen atoms in total. The van der Waals surface area contributed by atoms with Crippen LogP contribution >= 0.6 is 11.3 Å². The summed E-state index contributed by atoms with van der Waals surface area (Å²) in [5, 5.41) is 22.0. The number of aromatic nitrogens is 2. The molecule has 152 valence electrons. The summed E-state index contributed by atoms with van der Waals surface area (Å²) in [6.07, 6.45) is 0. The standard InChI is InChI=1S/C21H16N2O6S/c1-28-15-6-4-11(8-16(15)29-2)17(24)21-23-14(9-30-21)10-3-5-13-12(7-10)18(25)19(26)20(27)22-13/h3-9,26H,1-2H3,(H2,22,25,27). The molecule has 0 fully saturated rings. The number of ether oxygens (including phenoxy) is 2. The molecule has 0 amide bonds. The fourth-order valence-corrected chi connectivity index (χ4v) is 3.82. The Hall–Kier alpha value is -3.85. The van der Waals surface area contributed by atoms with Crippen LogP contribution in [0.1, 0.15) is 15.4 Å². The molecule has 2 aromatic carbocycles. The number of hydrogen-bond acceptors (Lipinski definition) is 8. The minimum Gasteiger partial charge on any atom is -0.504 e. The van der Waals surface area contributed by atoms with Crippen molar-refractivity contribution in [1.82, 2.24) is 9.97 Å². The summed E-state index contributed by atoms with van der Waals surface area (Å²) in [5.74, 6) is -0.558. The molecule has 0 radical (unpaired) electrons. The van der Waals surface area contributed by atoms with Gasteiger partial charge in [-0.15, -0.1) is 11.3 Å². The van der Waals surface area contributed by atoms with Gasteiger partial charge in [-0.1, -0.05) is 6.07 Å². The number of rotatable bonds is 5. The van der Waals surface area contributed by atoms with Crippen LogP contribution in [0, 0.1) is 0 Å². The largest absolute Gasteiger partial charge is 0.504 e. The topological polar surface area (TPSA) is 122 Å². The van der Waals surface area contributed by atoms with Crippen molar-refractivity contribution in [2.24, 2.45) is 0 Å². The zero-order chi connectivity index (χ0) is 21.4. The lowest BCUT2D eigenvalue weighted by molar-refractivity contribution is 0.103. The minimum absolute atomic E-state index is 0.266. The highest BCUT2D eigenvalue weighted by molar-refractivity contribution is 7.12. The van der Waals surface area contributed by atoms with Gasteiger partial charge in [0.1, 0.15) is 0 Å². The maximum Gasteiger partial charge on any atom is 0.294 e. The second kappa shape index (κ2) is 7.53. The zero-order valence-corrected chi connectivity index (χ0v) is 16.7. The van der Waals surface area contributed by atoms with Crippen molar-refractivity contribution in [2.45, 2.75) is 0 Å². The number of nitrogens with one attached hydrogen (secondary N) is 1. The van der Waals surface area contributed by atoms with E-state index in [2.05, 4.69) is 9.97 Å². The Bertz CT molecular complexity index is 1340. The van der Waals surface area contributed by atoms with Crippen LogP contribution in [0.25, 0.3) is 22.2 Å². The molecule has 0 spiro atoms. The molecule has 0 saturated heterocycles. The Morgan fingerprint density at radius 3 is 2.53 bits per heavy atom. The molecule has 9 heteroatoms. The SMILES string of the molecule is COc1ccc(C(=O)c2nc(-c3ccc4[nH]c(=O)c(O)c(O)c4c3)cs2)cc1OC. The number of hydrogen-bond donors (Lipinski definition) is 3. The smallest absolute Gasteiger partial charge is 0.294 e. The van der Waals surface area contributed by atoms with Gasteiger partial charge in [-0.2, -0.15) is 0 Å². The Kier molecular flexibility index (Phi) is 4.88. The van der Waals surface area contributed by atoms with Crippen LogP contribution in [-0.2, 0) is 0 Å². The number of pyridine rings is 1. The van der Waals surface area contributed by atoms with Gasteiger partial charge in [0.15, 0.2) is 22.3 Å². The molecule has 4 aromatic rings. The van der Waals surface area contributed by atoms with Crippen molar-refractivity contribution < 1.29 is 24.5 Å². The molecule has 3 N–H and O–H groups in total. The van der Waals surface area contributed by atoms with Crippen LogP contribution in [0.4, 0.5) is 0 Å². The second-order valence-corrected chi connectivity index (χ2v) is 7.21. The van der Waals surface area contributed by atoms with Crippen molar-refractivity contribution in [2.75, 3.05) is 14.2 Å². The van der Waals surface area contributed by atoms with Gasteiger partial charge < -0.3 is 24.7 Å². The van der Waals surface area contributed by atoms with Crippen LogP contribution in [0.15, 0.2) is 46.6 Å². The van der Waals surface area contributed by atoms with Crippen LogP contribution in [0.5, 0.6) is 23.0 Å². The van der Waals surface area contributed by atoms with Crippen molar-refractivity contribution >= 4 is 28.0 Å². The summed E-state index contributed by atoms with van der Waals surface area (Å²) in [5.41, 5.74) is 1.15. The summed E-state index contributed by atoms with van der Waals surface area (Å²) in [6, 6.07) is 9.77. The lowest BCUT2D eigenvalue weighted by Gasteiger charge is -2.08. The van der Waals surface area contributed by atoms with Gasteiger partial charge >= 0.3 is 0 Å². The fraction of sp³-hybridized carbons (Fsp3) is 0.0952. The number of ketones is 1. The number of carbonyl (C=O) groups excluding carboxylic acids is 1. The number of nitrogens with zero attached hydrogens (tertiary/aromatic N) is 1. The monoisotopic (exact) mass is 424 g/mol. The van der Waals surface area contributed by atoms with E-state index in [1.54, 1.807) is 41.8 Å². The molecule has 0 unspecified atom stereocenters. The number of fused-ring (bicyclic) bond motifs is 1. The summed E-state index contributed by atoms with van der Waals surface area (Å²) in [4.78, 5) is 31.3. The van der Waals surface area contributed by atoms with Gasteiger partial charge in [-0.05, 0) is 30.3 Å². The van der Waals surface area contributed by atoms with Crippen LogP contribution in [0.2, 0.25) is 0 Å². The lowest BCUT2D eigenvalue weighted by Crippen LogP contribution is -2.05. The van der Waals surface area contributed by atoms with Crippen LogP contribution < -0.4 is 15.0 Å². The third-order valence-corrected chi connectivity index (χ3v) is 5.44. The van der Waals surface area contributed by atoms with E-state index in [0.29, 0.717) is 33.8 Å². The number of H-pyrrole nitrogens is 1. The molecule has 2 aromatic heterocycles. The van der Waals surface area contributed by atoms with Gasteiger partial charge in [0, 0.05) is 21.9 Å². The van der Waals surface area contributed by atoms with Gasteiger partial charge in [0.25, 0.3) is 5.56 Å². The fourth-order valence-electron chi connectivity index (χ4n) is 3.04. The normalized spacial score (nSPS) is 10.9. The van der Waals surface area contributed by atoms with Gasteiger partial charge in [0.2, 0.25) is 11.5 Å². The predicted molar refractivity (Wildman–Crippen MR) is 112 cm³/mol. The summed E-state index contributed by atoms with van der Waals surface area (Å²) in [6.45, 7) is 0. The molecular weight excluding hydrogens is 408 g/mol. The molecule has 2 heterocycles. The van der Waals surface area contributed by atoms with E-state index in [-0.39, 0.29) is 16.2 Å². The number of aromatic hydroxyl groups is 2. The first kappa shape index (κ1) is 19.5. The molecule has 0 saturated carbocycles. The molecular formula is C21H16N2O6S. The van der Waals surface area contributed by atoms with Crippen molar-refractivity contribution in [1.29, 1.82) is 0 Å². The molecule has 0 aliphatic carbocycles. The van der Waals surface area contributed by atoms with Gasteiger partial charge in [0.05, 0.1) is 25.4 Å². The van der Waals surface area contributed by atoms with Crippen LogP contribution in [0.3, 0.4) is 0 Å². The average Bonchev–Trinajstić information content (AvgIpc) is 3.26. The first-order chi connectivity index (χ1) is 14.4. The highest BCUT2D eigenvalue weighted by Gasteiger charge is 2.18. The Balaban J connectivity index is 1.70. The van der Waals surface area contributed by atoms with E-state index in [9.17, 15) is 19.8 Å². The minimum atomic E-state index is -0.774. The number of methoxy groups -OCH3 is 2. The zero-order valence-electron chi connectivity index (χ0n) is 15.9. The lowest BCUT2D eigenvalue weighted by atomic mass is 10.1. The van der Waals surface area contributed by atoms with Crippen molar-refractivity contribution in [3.05, 3.63) is 62.7 Å². The predicted octanol–water partition coefficient (Wildman–Crippen LogP) is 3.31. The number of aromatic amines is 1. The summed E-state index contributed by atoms with van der Waals surface area (Å²) >= 11 is 1.18.